The van der Waals surface area contributed by atoms with Gasteiger partial charge in [0.1, 0.15) is 17.7 Å². The minimum Gasteiger partial charge on any atom is -0.467 e. The lowest BCUT2D eigenvalue weighted by Crippen LogP contribution is -2.37. The number of nitrogen functional groups attached to an aromatic ring is 1. The molecule has 1 aromatic heterocycles. The quantitative estimate of drug-likeness (QED) is 0.380. The van der Waals surface area contributed by atoms with Gasteiger partial charge in [0.25, 0.3) is 5.88 Å². The molecular weight excluding hydrogens is 504 g/mol. The summed E-state index contributed by atoms with van der Waals surface area (Å²) in [6, 6.07) is 9.00. The van der Waals surface area contributed by atoms with Crippen LogP contribution in [0.3, 0.4) is 0 Å². The molecular formula is C26H28ClF2N5O3. The van der Waals surface area contributed by atoms with E-state index in [-0.39, 0.29) is 28.2 Å². The van der Waals surface area contributed by atoms with E-state index in [9.17, 15) is 13.6 Å². The molecule has 196 valence electrons. The van der Waals surface area contributed by atoms with E-state index in [1.165, 1.54) is 13.1 Å². The fraction of sp³-hybridized carbons (Fsp3) is 0.346. The van der Waals surface area contributed by atoms with Crippen molar-refractivity contribution in [3.8, 4) is 17.1 Å². The number of rotatable bonds is 9. The van der Waals surface area contributed by atoms with Gasteiger partial charge in [-0.05, 0) is 44.2 Å². The van der Waals surface area contributed by atoms with Gasteiger partial charge in [-0.25, -0.2) is 18.7 Å². The van der Waals surface area contributed by atoms with Crippen molar-refractivity contribution >= 4 is 29.0 Å². The third-order valence-electron chi connectivity index (χ3n) is 5.99. The Morgan fingerprint density at radius 1 is 1.19 bits per heavy atom. The Balaban J connectivity index is 1.37. The summed E-state index contributed by atoms with van der Waals surface area (Å²) in [5.74, 6) is -1.57. The van der Waals surface area contributed by atoms with Crippen LogP contribution in [0.2, 0.25) is 5.02 Å². The van der Waals surface area contributed by atoms with Crippen molar-refractivity contribution in [1.29, 1.82) is 0 Å². The zero-order valence-corrected chi connectivity index (χ0v) is 21.1. The summed E-state index contributed by atoms with van der Waals surface area (Å²) in [5.41, 5.74) is 7.58. The van der Waals surface area contributed by atoms with Gasteiger partial charge >= 0.3 is 0 Å². The first kappa shape index (κ1) is 26.7. The molecule has 0 saturated carbocycles. The van der Waals surface area contributed by atoms with Crippen LogP contribution in [-0.4, -0.2) is 53.6 Å². The minimum absolute atomic E-state index is 0.00973. The molecule has 1 unspecified atom stereocenters. The zero-order valence-electron chi connectivity index (χ0n) is 20.3. The zero-order chi connectivity index (χ0) is 26.4. The molecule has 11 heteroatoms. The molecule has 0 spiro atoms. The van der Waals surface area contributed by atoms with Crippen LogP contribution < -0.4 is 15.8 Å². The fourth-order valence-electron chi connectivity index (χ4n) is 3.98. The van der Waals surface area contributed by atoms with Gasteiger partial charge < -0.3 is 20.5 Å². The molecule has 4 rings (SSSR count). The van der Waals surface area contributed by atoms with E-state index in [4.69, 9.17) is 26.8 Å². The topological polar surface area (TPSA) is 103 Å². The molecule has 2 heterocycles. The molecule has 8 nitrogen and oxygen atoms in total. The average Bonchev–Trinajstić information content (AvgIpc) is 2.89. The number of carbonyl (C=O) groups excluding carboxylic acids is 1. The number of nitrogens with two attached hydrogens (primary N) is 1. The number of amides is 1. The highest BCUT2D eigenvalue weighted by molar-refractivity contribution is 6.31. The molecule has 1 saturated heterocycles. The van der Waals surface area contributed by atoms with E-state index in [0.29, 0.717) is 23.4 Å². The summed E-state index contributed by atoms with van der Waals surface area (Å²) in [6.07, 6.45) is 1.70. The number of anilines is 2. The van der Waals surface area contributed by atoms with Crippen LogP contribution >= 0.6 is 11.6 Å². The predicted molar refractivity (Wildman–Crippen MR) is 137 cm³/mol. The number of morpholine rings is 1. The Bertz CT molecular complexity index is 1240. The smallest absolute Gasteiger partial charge is 0.258 e. The van der Waals surface area contributed by atoms with Crippen molar-refractivity contribution < 1.29 is 23.0 Å². The van der Waals surface area contributed by atoms with Crippen LogP contribution in [0.15, 0.2) is 42.6 Å². The second-order valence-electron chi connectivity index (χ2n) is 8.65. The first-order chi connectivity index (χ1) is 17.8. The maximum absolute atomic E-state index is 14.3. The van der Waals surface area contributed by atoms with Gasteiger partial charge in [-0.1, -0.05) is 23.7 Å². The van der Waals surface area contributed by atoms with Crippen molar-refractivity contribution in [2.45, 2.75) is 25.9 Å². The molecule has 1 fully saturated rings. The standard InChI is InChI=1S/C26H28ClF2N5O3/c1-16(23-19(28)8-9-20(29)24(23)27)37-26-25(30)31-15-21(33-26)17-4-6-18(7-5-17)32-22(35)3-2-10-34-11-13-36-14-12-34/h4-9,15-16H,2-3,10-14H2,1H3,(H2,30,31)(H,32,35). The number of aromatic nitrogens is 2. The largest absolute Gasteiger partial charge is 0.467 e. The SMILES string of the molecule is CC(Oc1nc(-c2ccc(NC(=O)CCCN3CCOCC3)cc2)cnc1N)c1c(F)ccc(F)c1Cl. The fourth-order valence-corrected chi connectivity index (χ4v) is 4.29. The Morgan fingerprint density at radius 2 is 1.89 bits per heavy atom. The number of halogens is 3. The lowest BCUT2D eigenvalue weighted by molar-refractivity contribution is -0.116. The van der Waals surface area contributed by atoms with Gasteiger partial charge in [-0.15, -0.1) is 0 Å². The number of nitrogens with one attached hydrogen (secondary N) is 1. The van der Waals surface area contributed by atoms with E-state index in [0.717, 1.165) is 51.4 Å². The monoisotopic (exact) mass is 531 g/mol. The molecule has 2 aromatic carbocycles. The lowest BCUT2D eigenvalue weighted by Gasteiger charge is -2.26. The van der Waals surface area contributed by atoms with Gasteiger partial charge in [-0.2, -0.15) is 0 Å². The summed E-state index contributed by atoms with van der Waals surface area (Å²) in [7, 11) is 0. The van der Waals surface area contributed by atoms with Crippen LogP contribution in [0.4, 0.5) is 20.3 Å². The normalized spacial score (nSPS) is 14.8. The van der Waals surface area contributed by atoms with Crippen LogP contribution in [-0.2, 0) is 9.53 Å². The summed E-state index contributed by atoms with van der Waals surface area (Å²) < 4.78 is 39.2. The van der Waals surface area contributed by atoms with Crippen LogP contribution in [0, 0.1) is 11.6 Å². The second kappa shape index (κ2) is 12.3. The number of nitrogens with zero attached hydrogens (tertiary/aromatic N) is 3. The van der Waals surface area contributed by atoms with Crippen molar-refractivity contribution in [3.63, 3.8) is 0 Å². The van der Waals surface area contributed by atoms with Crippen LogP contribution in [0.1, 0.15) is 31.4 Å². The molecule has 0 bridgehead atoms. The molecule has 3 aromatic rings. The first-order valence-corrected chi connectivity index (χ1v) is 12.3. The van der Waals surface area contributed by atoms with E-state index in [1.807, 2.05) is 0 Å². The summed E-state index contributed by atoms with van der Waals surface area (Å²) in [4.78, 5) is 23.1. The Hall–Kier alpha value is -3.34. The molecule has 1 aliphatic heterocycles. The first-order valence-electron chi connectivity index (χ1n) is 11.9. The number of benzene rings is 2. The second-order valence-corrected chi connectivity index (χ2v) is 9.02. The van der Waals surface area contributed by atoms with E-state index < -0.39 is 17.7 Å². The lowest BCUT2D eigenvalue weighted by atomic mass is 10.1. The highest BCUT2D eigenvalue weighted by atomic mass is 35.5. The summed E-state index contributed by atoms with van der Waals surface area (Å²) >= 11 is 5.94. The van der Waals surface area contributed by atoms with Crippen molar-refractivity contribution in [2.75, 3.05) is 43.9 Å². The highest BCUT2D eigenvalue weighted by Gasteiger charge is 2.21. The Morgan fingerprint density at radius 3 is 2.62 bits per heavy atom. The number of carbonyl (C=O) groups is 1. The molecule has 1 aliphatic rings. The van der Waals surface area contributed by atoms with E-state index in [2.05, 4.69) is 20.2 Å². The molecule has 1 atom stereocenters. The average molecular weight is 532 g/mol. The molecule has 1 amide bonds. The van der Waals surface area contributed by atoms with E-state index in [1.54, 1.807) is 24.3 Å². The Labute approximate surface area is 218 Å². The Kier molecular flexibility index (Phi) is 8.86. The number of ether oxygens (including phenoxy) is 2. The molecule has 0 aliphatic carbocycles. The van der Waals surface area contributed by atoms with Crippen molar-refractivity contribution in [3.05, 3.63) is 64.8 Å². The third-order valence-corrected chi connectivity index (χ3v) is 6.37. The maximum atomic E-state index is 14.3. The minimum atomic E-state index is -0.976. The van der Waals surface area contributed by atoms with Crippen LogP contribution in [0.25, 0.3) is 11.3 Å². The van der Waals surface area contributed by atoms with Gasteiger partial charge in [0.2, 0.25) is 5.91 Å². The predicted octanol–water partition coefficient (Wildman–Crippen LogP) is 4.85. The van der Waals surface area contributed by atoms with Gasteiger partial charge in [-0.3, -0.25) is 9.69 Å². The molecule has 0 radical (unpaired) electrons. The van der Waals surface area contributed by atoms with Crippen molar-refractivity contribution in [1.82, 2.24) is 14.9 Å². The summed E-state index contributed by atoms with van der Waals surface area (Å²) in [5, 5.41) is 2.53. The summed E-state index contributed by atoms with van der Waals surface area (Å²) in [6.45, 7) is 5.66. The van der Waals surface area contributed by atoms with Crippen molar-refractivity contribution in [2.24, 2.45) is 0 Å². The molecule has 3 N–H and O–H groups in total. The van der Waals surface area contributed by atoms with Crippen LogP contribution in [0.5, 0.6) is 5.88 Å². The third kappa shape index (κ3) is 6.91. The highest BCUT2D eigenvalue weighted by Crippen LogP contribution is 2.33. The van der Waals surface area contributed by atoms with Gasteiger partial charge in [0, 0.05) is 36.3 Å². The van der Waals surface area contributed by atoms with E-state index >= 15 is 0 Å². The molecule has 37 heavy (non-hydrogen) atoms. The maximum Gasteiger partial charge on any atom is 0.258 e. The number of hydrogen-bond acceptors (Lipinski definition) is 7. The van der Waals surface area contributed by atoms with Gasteiger partial charge in [0.05, 0.1) is 30.1 Å². The van der Waals surface area contributed by atoms with Gasteiger partial charge in [0.15, 0.2) is 5.82 Å². The number of hydrogen-bond donors (Lipinski definition) is 2.